The van der Waals surface area contributed by atoms with Gasteiger partial charge in [-0.2, -0.15) is 31.1 Å². The Hall–Kier alpha value is -6.46. The molecular formula is C49H58N10O12P2S3. The normalized spacial score (nSPS) is 18.1. The Labute approximate surface area is 443 Å². The molecule has 3 aromatic carbocycles. The molecule has 1 aliphatic carbocycles. The Morgan fingerprint density at radius 1 is 0.711 bits per heavy atom. The molecule has 9 rings (SSSR count). The van der Waals surface area contributed by atoms with Crippen LogP contribution in [-0.2, 0) is 51.3 Å². The van der Waals surface area contributed by atoms with Crippen molar-refractivity contribution in [1.29, 1.82) is 0 Å². The molecule has 76 heavy (non-hydrogen) atoms. The Morgan fingerprint density at radius 2 is 1.18 bits per heavy atom. The smallest absolute Gasteiger partial charge is 0.348 e. The van der Waals surface area contributed by atoms with E-state index in [4.69, 9.17) is 9.05 Å². The summed E-state index contributed by atoms with van der Waals surface area (Å²) in [5.74, 6) is -0.463. The fourth-order valence-electron chi connectivity index (χ4n) is 8.14. The van der Waals surface area contributed by atoms with Crippen LogP contribution in [0, 0.1) is 11.3 Å². The standard InChI is InChI=1S/C26H32N5O6PS.C23H26N5O6PS2/c1-6-37-38(34)20-16-18(30-39(5,35)36)12-13-19(20)27-24(29-38)21-23(32)22(17-10-8-7-9-11-17)28-31(25(21)33)15-14-26(2,3)4;1-3-34-35(31)18-12-16(27-37(2,32)33)6-7-17(18)24-22(26-35)19-21(29)20(15-9-11-36-13-15)25-28(23(19)30)10-8-14-4-5-14/h7-13,16,30,32H,6,14-15H2,1-5H3,(H,27,29,34);6-7,9,11-14,27,29H,3-5,8,10H2,1-2H3,(H,24,26,31). The molecule has 0 spiro atoms. The van der Waals surface area contributed by atoms with E-state index in [1.165, 1.54) is 57.1 Å². The minimum atomic E-state index is -3.99. The molecule has 3 aliphatic rings. The van der Waals surface area contributed by atoms with E-state index in [-0.39, 0.29) is 87.1 Å². The number of aromatic nitrogens is 4. The second-order valence-electron chi connectivity index (χ2n) is 19.4. The number of nitrogens with one attached hydrogen (secondary N) is 4. The van der Waals surface area contributed by atoms with Crippen molar-refractivity contribution in [3.63, 3.8) is 0 Å². The van der Waals surface area contributed by atoms with Crippen LogP contribution in [0.1, 0.15) is 71.4 Å². The first-order chi connectivity index (χ1) is 35.8. The number of anilines is 4. The largest absolute Gasteiger partial charge is 0.505 e. The number of aryl methyl sites for hydroxylation is 2. The zero-order chi connectivity index (χ0) is 55.0. The first-order valence-corrected chi connectivity index (χ1v) is 31.9. The molecule has 2 aliphatic heterocycles. The number of sulfonamides is 2. The van der Waals surface area contributed by atoms with E-state index in [0.29, 0.717) is 41.4 Å². The average Bonchev–Trinajstić information content (AvgIpc) is 4.01. The molecule has 6 aromatic rings. The Kier molecular flexibility index (Phi) is 16.1. The van der Waals surface area contributed by atoms with E-state index in [1.54, 1.807) is 44.2 Å². The first-order valence-electron chi connectivity index (χ1n) is 24.0. The van der Waals surface area contributed by atoms with Crippen molar-refractivity contribution in [3.8, 4) is 34.0 Å². The van der Waals surface area contributed by atoms with Crippen LogP contribution in [-0.4, -0.2) is 84.0 Å². The van der Waals surface area contributed by atoms with Crippen molar-refractivity contribution >= 4 is 91.5 Å². The van der Waals surface area contributed by atoms with Gasteiger partial charge >= 0.3 is 15.0 Å². The SMILES string of the molecule is CCOP1(=O)N=C(c2c(O)c(-c3ccccc3)nn(CCC(C)(C)C)c2=O)Nc2ccc(NS(C)(=O)=O)cc21.CCOP1(=O)N=C(c2c(O)c(-c3ccsc3)nn(CCC3CC3)c2=O)Nc2ccc(NS(C)(=O)=O)cc21. The van der Waals surface area contributed by atoms with Gasteiger partial charge in [-0.3, -0.25) is 28.2 Å². The van der Waals surface area contributed by atoms with Crippen LogP contribution in [0.4, 0.5) is 22.7 Å². The highest BCUT2D eigenvalue weighted by molar-refractivity contribution is 7.92. The molecule has 1 fully saturated rings. The van der Waals surface area contributed by atoms with Gasteiger partial charge in [-0.15, -0.1) is 0 Å². The lowest BCUT2D eigenvalue weighted by atomic mass is 9.92. The van der Waals surface area contributed by atoms with Crippen LogP contribution in [0.5, 0.6) is 11.5 Å². The van der Waals surface area contributed by atoms with Gasteiger partial charge in [0.2, 0.25) is 20.0 Å². The maximum Gasteiger partial charge on any atom is 0.348 e. The lowest BCUT2D eigenvalue weighted by molar-refractivity contribution is 0.335. The number of aromatic hydroxyl groups is 2. The maximum absolute atomic E-state index is 14.0. The zero-order valence-electron chi connectivity index (χ0n) is 42.6. The molecule has 2 atom stereocenters. The van der Waals surface area contributed by atoms with Crippen LogP contribution < -0.4 is 41.8 Å². The van der Waals surface area contributed by atoms with Crippen molar-refractivity contribution in [2.45, 2.75) is 73.4 Å². The van der Waals surface area contributed by atoms with Crippen molar-refractivity contribution in [2.24, 2.45) is 20.9 Å². The summed E-state index contributed by atoms with van der Waals surface area (Å²) in [7, 11) is -15.1. The summed E-state index contributed by atoms with van der Waals surface area (Å²) in [6.07, 6.45) is 5.68. The molecule has 5 heterocycles. The number of thiophene rings is 1. The summed E-state index contributed by atoms with van der Waals surface area (Å²) in [5, 5.41) is 41.4. The molecular weight excluding hydrogens is 1080 g/mol. The third-order valence-electron chi connectivity index (χ3n) is 11.9. The molecule has 404 valence electrons. The molecule has 0 amide bonds. The quantitative estimate of drug-likeness (QED) is 0.0476. The van der Waals surface area contributed by atoms with Gasteiger partial charge in [-0.25, -0.2) is 26.2 Å². The highest BCUT2D eigenvalue weighted by Gasteiger charge is 2.39. The van der Waals surface area contributed by atoms with Gasteiger partial charge in [0.05, 0.1) is 47.7 Å². The van der Waals surface area contributed by atoms with Crippen LogP contribution in [0.2, 0.25) is 0 Å². The number of hydrogen-bond acceptors (Lipinski definition) is 17. The molecule has 1 saturated carbocycles. The molecule has 27 heteroatoms. The predicted octanol–water partition coefficient (Wildman–Crippen LogP) is 7.73. The van der Waals surface area contributed by atoms with Crippen molar-refractivity contribution in [1.82, 2.24) is 19.6 Å². The van der Waals surface area contributed by atoms with E-state index < -0.39 is 52.0 Å². The Bertz CT molecular complexity index is 3730. The third kappa shape index (κ3) is 12.9. The fourth-order valence-corrected chi connectivity index (χ4v) is 13.5. The van der Waals surface area contributed by atoms with Gasteiger partial charge in [0.25, 0.3) is 11.1 Å². The van der Waals surface area contributed by atoms with Gasteiger partial charge in [-0.1, -0.05) is 63.9 Å². The summed E-state index contributed by atoms with van der Waals surface area (Å²) in [5.41, 5.74) is 1.00. The molecule has 22 nitrogen and oxygen atoms in total. The van der Waals surface area contributed by atoms with Gasteiger partial charge < -0.3 is 29.9 Å². The molecule has 3 aromatic heterocycles. The van der Waals surface area contributed by atoms with E-state index in [0.717, 1.165) is 31.8 Å². The van der Waals surface area contributed by atoms with E-state index in [2.05, 4.69) is 39.8 Å². The minimum absolute atomic E-state index is 0.0324. The first kappa shape index (κ1) is 55.8. The minimum Gasteiger partial charge on any atom is -0.505 e. The number of amidine groups is 2. The second-order valence-corrected chi connectivity index (χ2v) is 27.6. The third-order valence-corrected chi connectivity index (χ3v) is 17.9. The van der Waals surface area contributed by atoms with E-state index >= 15 is 0 Å². The van der Waals surface area contributed by atoms with Gasteiger partial charge in [-0.05, 0) is 85.9 Å². The number of fused-ring (bicyclic) bond motifs is 2. The molecule has 6 N–H and O–H groups in total. The van der Waals surface area contributed by atoms with Crippen LogP contribution in [0.3, 0.4) is 0 Å². The summed E-state index contributed by atoms with van der Waals surface area (Å²) >= 11 is 1.43. The predicted molar refractivity (Wildman–Crippen MR) is 298 cm³/mol. The molecule has 2 unspecified atom stereocenters. The van der Waals surface area contributed by atoms with Crippen LogP contribution >= 0.6 is 26.4 Å². The highest BCUT2D eigenvalue weighted by Crippen LogP contribution is 2.54. The lowest BCUT2D eigenvalue weighted by Gasteiger charge is -2.26. The van der Waals surface area contributed by atoms with Crippen LogP contribution in [0.15, 0.2) is 103 Å². The van der Waals surface area contributed by atoms with Gasteiger partial charge in [0, 0.05) is 41.0 Å². The highest BCUT2D eigenvalue weighted by atomic mass is 32.2. The Balaban J connectivity index is 0.000000202. The monoisotopic (exact) mass is 1140 g/mol. The molecule has 0 radical (unpaired) electrons. The molecule has 0 bridgehead atoms. The van der Waals surface area contributed by atoms with Crippen molar-refractivity contribution in [2.75, 3.05) is 45.8 Å². The number of nitrogens with zero attached hydrogens (tertiary/aromatic N) is 6. The molecule has 0 saturated heterocycles. The van der Waals surface area contributed by atoms with Gasteiger partial charge in [0.15, 0.2) is 23.2 Å². The zero-order valence-corrected chi connectivity index (χ0v) is 46.8. The fraction of sp³-hybridized carbons (Fsp3) is 0.347. The van der Waals surface area contributed by atoms with Crippen LogP contribution in [0.25, 0.3) is 22.5 Å². The maximum atomic E-state index is 14.0. The second kappa shape index (κ2) is 21.9. The van der Waals surface area contributed by atoms with E-state index in [1.807, 2.05) is 37.6 Å². The van der Waals surface area contributed by atoms with Crippen molar-refractivity contribution < 1.29 is 45.2 Å². The number of rotatable bonds is 17. The summed E-state index contributed by atoms with van der Waals surface area (Å²) < 4.78 is 102. The summed E-state index contributed by atoms with van der Waals surface area (Å²) in [4.78, 5) is 27.2. The van der Waals surface area contributed by atoms with E-state index in [9.17, 15) is 45.8 Å². The summed E-state index contributed by atoms with van der Waals surface area (Å²) in [6.45, 7) is 10.2. The number of hydrogen-bond donors (Lipinski definition) is 6. The Morgan fingerprint density at radius 3 is 1.61 bits per heavy atom. The average molecular weight is 1140 g/mol. The number of benzene rings is 3. The summed E-state index contributed by atoms with van der Waals surface area (Å²) in [6, 6.07) is 19.5. The lowest BCUT2D eigenvalue weighted by Crippen LogP contribution is -2.35. The topological polar surface area (TPSA) is 304 Å². The van der Waals surface area contributed by atoms with Gasteiger partial charge in [0.1, 0.15) is 22.5 Å². The van der Waals surface area contributed by atoms with Crippen molar-refractivity contribution in [3.05, 3.63) is 115 Å².